The van der Waals surface area contributed by atoms with Crippen molar-refractivity contribution in [2.45, 2.75) is 20.3 Å². The fourth-order valence-corrected chi connectivity index (χ4v) is 2.11. The molecule has 2 aromatic rings. The summed E-state index contributed by atoms with van der Waals surface area (Å²) in [5.41, 5.74) is 6.80. The highest BCUT2D eigenvalue weighted by atomic mass is 16.5. The van der Waals surface area contributed by atoms with Gasteiger partial charge in [0.2, 0.25) is 5.91 Å². The minimum absolute atomic E-state index is 0.147. The number of nitrogens with one attached hydrogen (secondary N) is 1. The van der Waals surface area contributed by atoms with E-state index in [1.165, 1.54) is 5.56 Å². The number of amides is 1. The van der Waals surface area contributed by atoms with Gasteiger partial charge >= 0.3 is 0 Å². The van der Waals surface area contributed by atoms with Crippen LogP contribution in [0.3, 0.4) is 0 Å². The average Bonchev–Trinajstić information content (AvgIpc) is 2.50. The predicted molar refractivity (Wildman–Crippen MR) is 88.4 cm³/mol. The molecule has 0 saturated carbocycles. The fourth-order valence-electron chi connectivity index (χ4n) is 2.11. The maximum atomic E-state index is 11.8. The molecule has 0 aliphatic heterocycles. The van der Waals surface area contributed by atoms with E-state index < -0.39 is 0 Å². The summed E-state index contributed by atoms with van der Waals surface area (Å²) in [5.74, 6) is 0.628. The van der Waals surface area contributed by atoms with E-state index in [4.69, 9.17) is 4.74 Å². The second-order valence-corrected chi connectivity index (χ2v) is 5.18. The van der Waals surface area contributed by atoms with Crippen molar-refractivity contribution in [2.75, 3.05) is 7.11 Å². The second kappa shape index (κ2) is 7.41. The minimum Gasteiger partial charge on any atom is -0.497 e. The summed E-state index contributed by atoms with van der Waals surface area (Å²) >= 11 is 0. The Morgan fingerprint density at radius 2 is 1.91 bits per heavy atom. The predicted octanol–water partition coefficient (Wildman–Crippen LogP) is 3.00. The number of hydrazone groups is 1. The van der Waals surface area contributed by atoms with Crippen molar-refractivity contribution in [1.29, 1.82) is 0 Å². The van der Waals surface area contributed by atoms with Crippen LogP contribution < -0.4 is 10.2 Å². The molecular formula is C18H20N2O2. The molecule has 22 heavy (non-hydrogen) atoms. The van der Waals surface area contributed by atoms with Crippen LogP contribution >= 0.6 is 0 Å². The third-order valence-corrected chi connectivity index (χ3v) is 3.34. The van der Waals surface area contributed by atoms with Crippen molar-refractivity contribution < 1.29 is 9.53 Å². The molecule has 114 valence electrons. The number of methoxy groups -OCH3 is 1. The number of ether oxygens (including phenoxy) is 1. The van der Waals surface area contributed by atoms with E-state index in [0.717, 1.165) is 22.4 Å². The minimum atomic E-state index is -0.147. The summed E-state index contributed by atoms with van der Waals surface area (Å²) < 4.78 is 5.08. The number of hydrogen-bond acceptors (Lipinski definition) is 3. The van der Waals surface area contributed by atoms with Crippen LogP contribution in [-0.2, 0) is 11.2 Å². The molecule has 0 fully saturated rings. The standard InChI is InChI=1S/C18H20N2O2/c1-13-4-7-16(14(2)10-13)12-19-20-18(21)11-15-5-8-17(22-3)9-6-15/h4-10,12H,11H2,1-3H3,(H,20,21)/b19-12+. The van der Waals surface area contributed by atoms with Crippen LogP contribution in [0.2, 0.25) is 0 Å². The number of nitrogens with zero attached hydrogens (tertiary/aromatic N) is 1. The van der Waals surface area contributed by atoms with E-state index >= 15 is 0 Å². The highest BCUT2D eigenvalue weighted by molar-refractivity contribution is 5.84. The molecule has 0 atom stereocenters. The Morgan fingerprint density at radius 3 is 2.55 bits per heavy atom. The first-order chi connectivity index (χ1) is 10.6. The normalized spacial score (nSPS) is 10.7. The summed E-state index contributed by atoms with van der Waals surface area (Å²) in [6.07, 6.45) is 1.95. The molecule has 0 spiro atoms. The average molecular weight is 296 g/mol. The zero-order chi connectivity index (χ0) is 15.9. The molecule has 1 amide bonds. The number of hydrogen-bond donors (Lipinski definition) is 1. The Hall–Kier alpha value is -2.62. The summed E-state index contributed by atoms with van der Waals surface area (Å²) in [6.45, 7) is 4.07. The zero-order valence-electron chi connectivity index (χ0n) is 13.1. The molecule has 0 saturated heterocycles. The maximum Gasteiger partial charge on any atom is 0.244 e. The molecule has 4 nitrogen and oxygen atoms in total. The molecule has 0 aliphatic carbocycles. The van der Waals surface area contributed by atoms with Crippen LogP contribution in [0, 0.1) is 13.8 Å². The van der Waals surface area contributed by atoms with Gasteiger partial charge in [-0.2, -0.15) is 5.10 Å². The number of carbonyl (C=O) groups excluding carboxylic acids is 1. The molecule has 0 heterocycles. The Labute approximate surface area is 130 Å². The first-order valence-corrected chi connectivity index (χ1v) is 7.10. The Kier molecular flexibility index (Phi) is 5.31. The number of benzene rings is 2. The molecular weight excluding hydrogens is 276 g/mol. The topological polar surface area (TPSA) is 50.7 Å². The lowest BCUT2D eigenvalue weighted by molar-refractivity contribution is -0.120. The summed E-state index contributed by atoms with van der Waals surface area (Å²) in [4.78, 5) is 11.8. The highest BCUT2D eigenvalue weighted by Crippen LogP contribution is 2.11. The number of carbonyl (C=O) groups is 1. The largest absolute Gasteiger partial charge is 0.497 e. The van der Waals surface area contributed by atoms with Crippen LogP contribution in [0.15, 0.2) is 47.6 Å². The smallest absolute Gasteiger partial charge is 0.244 e. The molecule has 4 heteroatoms. The van der Waals surface area contributed by atoms with Crippen molar-refractivity contribution in [3.8, 4) is 5.75 Å². The lowest BCUT2D eigenvalue weighted by Gasteiger charge is -2.03. The van der Waals surface area contributed by atoms with Gasteiger partial charge in [-0.15, -0.1) is 0 Å². The Bertz CT molecular complexity index is 676. The zero-order valence-corrected chi connectivity index (χ0v) is 13.1. The lowest BCUT2D eigenvalue weighted by atomic mass is 10.1. The number of aryl methyl sites for hydroxylation is 2. The van der Waals surface area contributed by atoms with Gasteiger partial charge < -0.3 is 4.74 Å². The van der Waals surface area contributed by atoms with Crippen molar-refractivity contribution in [3.63, 3.8) is 0 Å². The molecule has 1 N–H and O–H groups in total. The Balaban J connectivity index is 1.90. The summed E-state index contributed by atoms with van der Waals surface area (Å²) in [6, 6.07) is 13.5. The van der Waals surface area contributed by atoms with Crippen LogP contribution in [-0.4, -0.2) is 19.2 Å². The van der Waals surface area contributed by atoms with Crippen LogP contribution in [0.1, 0.15) is 22.3 Å². The lowest BCUT2D eigenvalue weighted by Crippen LogP contribution is -2.19. The van der Waals surface area contributed by atoms with Crippen molar-refractivity contribution in [3.05, 3.63) is 64.7 Å². The van der Waals surface area contributed by atoms with Crippen LogP contribution in [0.5, 0.6) is 5.75 Å². The molecule has 0 radical (unpaired) electrons. The monoisotopic (exact) mass is 296 g/mol. The van der Waals surface area contributed by atoms with Crippen molar-refractivity contribution in [2.24, 2.45) is 5.10 Å². The highest BCUT2D eigenvalue weighted by Gasteiger charge is 2.02. The molecule has 0 aliphatic rings. The SMILES string of the molecule is COc1ccc(CC(=O)N/N=C/c2ccc(C)cc2C)cc1. The van der Waals surface area contributed by atoms with Gasteiger partial charge in [-0.3, -0.25) is 4.79 Å². The van der Waals surface area contributed by atoms with E-state index in [2.05, 4.69) is 16.6 Å². The van der Waals surface area contributed by atoms with E-state index in [1.807, 2.05) is 50.2 Å². The third kappa shape index (κ3) is 4.45. The molecule has 2 rings (SSSR count). The van der Waals surface area contributed by atoms with E-state index in [1.54, 1.807) is 13.3 Å². The van der Waals surface area contributed by atoms with Gasteiger partial charge in [-0.1, -0.05) is 35.9 Å². The van der Waals surface area contributed by atoms with E-state index in [9.17, 15) is 4.79 Å². The second-order valence-electron chi connectivity index (χ2n) is 5.18. The Morgan fingerprint density at radius 1 is 1.18 bits per heavy atom. The van der Waals surface area contributed by atoms with Crippen molar-refractivity contribution in [1.82, 2.24) is 5.43 Å². The van der Waals surface area contributed by atoms with Gasteiger partial charge in [0, 0.05) is 0 Å². The van der Waals surface area contributed by atoms with Crippen LogP contribution in [0.4, 0.5) is 0 Å². The molecule has 0 bridgehead atoms. The van der Waals surface area contributed by atoms with Gasteiger partial charge in [0.05, 0.1) is 19.7 Å². The first kappa shape index (κ1) is 15.8. The maximum absolute atomic E-state index is 11.8. The fraction of sp³-hybridized carbons (Fsp3) is 0.222. The first-order valence-electron chi connectivity index (χ1n) is 7.10. The summed E-state index contributed by atoms with van der Waals surface area (Å²) in [7, 11) is 1.61. The van der Waals surface area contributed by atoms with Gasteiger partial charge in [0.15, 0.2) is 0 Å². The van der Waals surface area contributed by atoms with Gasteiger partial charge in [-0.05, 0) is 42.7 Å². The van der Waals surface area contributed by atoms with Gasteiger partial charge in [-0.25, -0.2) is 5.43 Å². The number of rotatable bonds is 5. The molecule has 0 aromatic heterocycles. The van der Waals surface area contributed by atoms with E-state index in [-0.39, 0.29) is 12.3 Å². The molecule has 2 aromatic carbocycles. The van der Waals surface area contributed by atoms with Crippen LogP contribution in [0.25, 0.3) is 0 Å². The molecule has 0 unspecified atom stereocenters. The summed E-state index contributed by atoms with van der Waals surface area (Å²) in [5, 5.41) is 4.01. The third-order valence-electron chi connectivity index (χ3n) is 3.34. The van der Waals surface area contributed by atoms with Gasteiger partial charge in [0.1, 0.15) is 5.75 Å². The quantitative estimate of drug-likeness (QED) is 0.681. The van der Waals surface area contributed by atoms with E-state index in [0.29, 0.717) is 0 Å². The van der Waals surface area contributed by atoms with Crippen molar-refractivity contribution >= 4 is 12.1 Å². The van der Waals surface area contributed by atoms with Gasteiger partial charge in [0.25, 0.3) is 0 Å².